The summed E-state index contributed by atoms with van der Waals surface area (Å²) < 4.78 is 0. The van der Waals surface area contributed by atoms with Crippen LogP contribution >= 0.6 is 0 Å². The smallest absolute Gasteiger partial charge is 0.120 e. The number of rotatable bonds is 0. The van der Waals surface area contributed by atoms with Gasteiger partial charge in [-0.3, -0.25) is 0 Å². The van der Waals surface area contributed by atoms with Gasteiger partial charge in [0.25, 0.3) is 0 Å². The first-order valence-electron chi connectivity index (χ1n) is 4.13. The standard InChI is InChI=1S/C11H10N2O/c1-11(2,14)5-3-10-7-9(8-12)4-6-13-10/h4,6-7,14H,1-2H3. The van der Waals surface area contributed by atoms with Gasteiger partial charge in [-0.2, -0.15) is 5.26 Å². The van der Waals surface area contributed by atoms with Crippen molar-refractivity contribution >= 4 is 0 Å². The predicted octanol–water partition coefficient (Wildman–Crippen LogP) is 1.08. The molecular weight excluding hydrogens is 176 g/mol. The molecule has 3 nitrogen and oxygen atoms in total. The highest BCUT2D eigenvalue weighted by molar-refractivity contribution is 5.37. The van der Waals surface area contributed by atoms with Gasteiger partial charge in [-0.15, -0.1) is 0 Å². The monoisotopic (exact) mass is 186 g/mol. The second kappa shape index (κ2) is 3.91. The summed E-state index contributed by atoms with van der Waals surface area (Å²) in [6, 6.07) is 5.18. The summed E-state index contributed by atoms with van der Waals surface area (Å²) in [4.78, 5) is 3.95. The molecular formula is C11H10N2O. The lowest BCUT2D eigenvalue weighted by atomic mass is 10.1. The summed E-state index contributed by atoms with van der Waals surface area (Å²) in [7, 11) is 0. The molecule has 1 aromatic heterocycles. The highest BCUT2D eigenvalue weighted by atomic mass is 16.3. The van der Waals surface area contributed by atoms with Crippen LogP contribution < -0.4 is 0 Å². The third-order valence-corrected chi connectivity index (χ3v) is 1.39. The van der Waals surface area contributed by atoms with Gasteiger partial charge in [-0.05, 0) is 31.9 Å². The number of hydrogen-bond donors (Lipinski definition) is 1. The van der Waals surface area contributed by atoms with Crippen molar-refractivity contribution in [2.45, 2.75) is 19.4 Å². The van der Waals surface area contributed by atoms with Crippen LogP contribution in [0.2, 0.25) is 0 Å². The number of hydrogen-bond acceptors (Lipinski definition) is 3. The van der Waals surface area contributed by atoms with E-state index in [9.17, 15) is 5.11 Å². The average Bonchev–Trinajstić information content (AvgIpc) is 2.14. The van der Waals surface area contributed by atoms with Crippen molar-refractivity contribution in [1.82, 2.24) is 4.98 Å². The maximum Gasteiger partial charge on any atom is 0.120 e. The number of pyridine rings is 1. The first kappa shape index (κ1) is 10.2. The van der Waals surface area contributed by atoms with E-state index >= 15 is 0 Å². The highest BCUT2D eigenvalue weighted by Gasteiger charge is 2.05. The Morgan fingerprint density at radius 3 is 2.79 bits per heavy atom. The molecule has 70 valence electrons. The maximum absolute atomic E-state index is 9.34. The van der Waals surface area contributed by atoms with Crippen molar-refractivity contribution in [1.29, 1.82) is 5.26 Å². The molecule has 0 aliphatic rings. The maximum atomic E-state index is 9.34. The number of nitriles is 1. The molecule has 1 heterocycles. The van der Waals surface area contributed by atoms with Crippen LogP contribution in [0.25, 0.3) is 0 Å². The minimum Gasteiger partial charge on any atom is -0.378 e. The molecule has 0 aromatic carbocycles. The quantitative estimate of drug-likeness (QED) is 0.617. The molecule has 14 heavy (non-hydrogen) atoms. The largest absolute Gasteiger partial charge is 0.378 e. The minimum atomic E-state index is -1.04. The summed E-state index contributed by atoms with van der Waals surface area (Å²) in [5.74, 6) is 5.32. The second-order valence-corrected chi connectivity index (χ2v) is 3.35. The Hall–Kier alpha value is -1.84. The van der Waals surface area contributed by atoms with Crippen molar-refractivity contribution in [3.05, 3.63) is 29.6 Å². The van der Waals surface area contributed by atoms with Crippen molar-refractivity contribution in [3.63, 3.8) is 0 Å². The zero-order valence-corrected chi connectivity index (χ0v) is 8.07. The molecule has 0 unspecified atom stereocenters. The first-order valence-corrected chi connectivity index (χ1v) is 4.13. The van der Waals surface area contributed by atoms with Crippen molar-refractivity contribution in [2.75, 3.05) is 0 Å². The van der Waals surface area contributed by atoms with Crippen LogP contribution in [0.15, 0.2) is 18.3 Å². The summed E-state index contributed by atoms with van der Waals surface area (Å²) in [6.07, 6.45) is 1.52. The van der Waals surface area contributed by atoms with E-state index in [-0.39, 0.29) is 0 Å². The Bertz CT molecular complexity index is 427. The van der Waals surface area contributed by atoms with E-state index in [1.165, 1.54) is 6.20 Å². The first-order chi connectivity index (χ1) is 6.51. The van der Waals surface area contributed by atoms with E-state index in [0.717, 1.165) is 0 Å². The number of aromatic nitrogens is 1. The molecule has 0 saturated heterocycles. The summed E-state index contributed by atoms with van der Waals surface area (Å²) in [5, 5.41) is 18.0. The van der Waals surface area contributed by atoms with Gasteiger partial charge >= 0.3 is 0 Å². The van der Waals surface area contributed by atoms with Gasteiger partial charge in [0.2, 0.25) is 0 Å². The molecule has 0 atom stereocenters. The third-order valence-electron chi connectivity index (χ3n) is 1.39. The predicted molar refractivity (Wildman–Crippen MR) is 52.1 cm³/mol. The van der Waals surface area contributed by atoms with Gasteiger partial charge < -0.3 is 5.11 Å². The van der Waals surface area contributed by atoms with Gasteiger partial charge in [0.15, 0.2) is 0 Å². The molecule has 0 bridgehead atoms. The van der Waals surface area contributed by atoms with Crippen LogP contribution in [0.1, 0.15) is 25.1 Å². The van der Waals surface area contributed by atoms with Crippen LogP contribution in [-0.2, 0) is 0 Å². The Morgan fingerprint density at radius 2 is 2.21 bits per heavy atom. The third kappa shape index (κ3) is 3.26. The Morgan fingerprint density at radius 1 is 1.50 bits per heavy atom. The van der Waals surface area contributed by atoms with E-state index in [2.05, 4.69) is 16.8 Å². The molecule has 0 aliphatic heterocycles. The summed E-state index contributed by atoms with van der Waals surface area (Å²) in [5.41, 5.74) is -0.0316. The van der Waals surface area contributed by atoms with E-state index in [1.807, 2.05) is 6.07 Å². The molecule has 1 aromatic rings. The van der Waals surface area contributed by atoms with Gasteiger partial charge in [-0.25, -0.2) is 4.98 Å². The van der Waals surface area contributed by atoms with Crippen LogP contribution in [0, 0.1) is 23.2 Å². The molecule has 1 rings (SSSR count). The van der Waals surface area contributed by atoms with E-state index in [4.69, 9.17) is 5.26 Å². The number of nitrogens with zero attached hydrogens (tertiary/aromatic N) is 2. The summed E-state index contributed by atoms with van der Waals surface area (Å²) in [6.45, 7) is 3.18. The van der Waals surface area contributed by atoms with Crippen LogP contribution in [0.5, 0.6) is 0 Å². The van der Waals surface area contributed by atoms with Crippen molar-refractivity contribution in [3.8, 4) is 17.9 Å². The fraction of sp³-hybridized carbons (Fsp3) is 0.273. The number of aliphatic hydroxyl groups is 1. The second-order valence-electron chi connectivity index (χ2n) is 3.35. The van der Waals surface area contributed by atoms with Gasteiger partial charge in [0.05, 0.1) is 11.6 Å². The van der Waals surface area contributed by atoms with E-state index in [1.54, 1.807) is 26.0 Å². The highest BCUT2D eigenvalue weighted by Crippen LogP contribution is 2.01. The molecule has 0 aliphatic carbocycles. The normalized spacial score (nSPS) is 9.86. The molecule has 0 spiro atoms. The molecule has 0 amide bonds. The molecule has 3 heteroatoms. The van der Waals surface area contributed by atoms with Crippen LogP contribution in [0.4, 0.5) is 0 Å². The van der Waals surface area contributed by atoms with Gasteiger partial charge in [0.1, 0.15) is 11.3 Å². The van der Waals surface area contributed by atoms with Crippen molar-refractivity contribution in [2.24, 2.45) is 0 Å². The average molecular weight is 186 g/mol. The Balaban J connectivity index is 2.98. The molecule has 0 radical (unpaired) electrons. The topological polar surface area (TPSA) is 56.9 Å². The fourth-order valence-electron chi connectivity index (χ4n) is 0.785. The van der Waals surface area contributed by atoms with Crippen LogP contribution in [0.3, 0.4) is 0 Å². The molecule has 1 N–H and O–H groups in total. The Labute approximate surface area is 83.0 Å². The van der Waals surface area contributed by atoms with E-state index in [0.29, 0.717) is 11.3 Å². The summed E-state index contributed by atoms with van der Waals surface area (Å²) >= 11 is 0. The molecule has 0 saturated carbocycles. The fourth-order valence-corrected chi connectivity index (χ4v) is 0.785. The van der Waals surface area contributed by atoms with Crippen molar-refractivity contribution < 1.29 is 5.11 Å². The lowest BCUT2D eigenvalue weighted by molar-refractivity contribution is 0.143. The lowest BCUT2D eigenvalue weighted by Crippen LogP contribution is -2.14. The lowest BCUT2D eigenvalue weighted by Gasteiger charge is -2.05. The van der Waals surface area contributed by atoms with E-state index < -0.39 is 5.60 Å². The van der Waals surface area contributed by atoms with Crippen LogP contribution in [-0.4, -0.2) is 15.7 Å². The Kier molecular flexibility index (Phi) is 2.86. The molecule has 0 fully saturated rings. The minimum absolute atomic E-state index is 0.492. The van der Waals surface area contributed by atoms with Gasteiger partial charge in [0, 0.05) is 6.20 Å². The zero-order chi connectivity index (χ0) is 10.6. The zero-order valence-electron chi connectivity index (χ0n) is 8.07. The van der Waals surface area contributed by atoms with Gasteiger partial charge in [-0.1, -0.05) is 5.92 Å². The SMILES string of the molecule is CC(C)(O)C#Cc1cc(C#N)ccn1.